The minimum absolute atomic E-state index is 0.262. The minimum Gasteiger partial charge on any atom is -0.455 e. The van der Waals surface area contributed by atoms with Crippen molar-refractivity contribution in [3.63, 3.8) is 0 Å². The van der Waals surface area contributed by atoms with Crippen molar-refractivity contribution in [2.24, 2.45) is 0 Å². The van der Waals surface area contributed by atoms with E-state index in [1.165, 1.54) is 6.07 Å². The van der Waals surface area contributed by atoms with Gasteiger partial charge >= 0.3 is 6.18 Å². The predicted molar refractivity (Wildman–Crippen MR) is 47.3 cm³/mol. The minimum atomic E-state index is -4.41. The highest BCUT2D eigenvalue weighted by molar-refractivity contribution is 5.09. The van der Waals surface area contributed by atoms with Gasteiger partial charge in [0.25, 0.3) is 0 Å². The monoisotopic (exact) mass is 223 g/mol. The summed E-state index contributed by atoms with van der Waals surface area (Å²) in [5, 5.41) is 2.88. The molecule has 0 aliphatic rings. The van der Waals surface area contributed by atoms with Crippen LogP contribution in [-0.4, -0.2) is 20.3 Å². The third-order valence-electron chi connectivity index (χ3n) is 1.72. The van der Waals surface area contributed by atoms with Crippen LogP contribution in [0.3, 0.4) is 0 Å². The molecular weight excluding hydrogens is 211 g/mol. The summed E-state index contributed by atoms with van der Waals surface area (Å²) < 4.78 is 45.7. The molecule has 0 aliphatic heterocycles. The Morgan fingerprint density at radius 2 is 2.13 bits per heavy atom. The van der Waals surface area contributed by atoms with Crippen LogP contribution >= 0.6 is 0 Å². The van der Waals surface area contributed by atoms with Crippen LogP contribution in [0.2, 0.25) is 0 Å². The van der Waals surface area contributed by atoms with Gasteiger partial charge in [-0.15, -0.1) is 0 Å². The van der Waals surface area contributed by atoms with E-state index in [4.69, 9.17) is 4.74 Å². The molecule has 15 heavy (non-hydrogen) atoms. The maximum absolute atomic E-state index is 12.1. The van der Waals surface area contributed by atoms with Gasteiger partial charge in [-0.05, 0) is 12.1 Å². The molecule has 86 valence electrons. The molecule has 0 amide bonds. The average molecular weight is 223 g/mol. The van der Waals surface area contributed by atoms with Gasteiger partial charge in [-0.3, -0.25) is 0 Å². The fraction of sp³-hybridized carbons (Fsp3) is 0.556. The molecule has 0 aliphatic carbocycles. The van der Waals surface area contributed by atoms with E-state index in [1.807, 2.05) is 0 Å². The van der Waals surface area contributed by atoms with Crippen LogP contribution in [0.4, 0.5) is 13.2 Å². The molecule has 0 spiro atoms. The number of furan rings is 1. The standard InChI is InChI=1S/C9H12F3NO2/c1-14-5-4-13-6-7-2-3-8(15-7)9(10,11)12/h2-3,13H,4-6H2,1H3. The molecule has 0 saturated carbocycles. The molecular formula is C9H12F3NO2. The van der Waals surface area contributed by atoms with E-state index in [-0.39, 0.29) is 12.3 Å². The Kier molecular flexibility index (Phi) is 4.16. The molecule has 1 aromatic heterocycles. The highest BCUT2D eigenvalue weighted by Crippen LogP contribution is 2.30. The molecule has 0 aromatic carbocycles. The Morgan fingerprint density at radius 1 is 1.40 bits per heavy atom. The Balaban J connectivity index is 2.40. The van der Waals surface area contributed by atoms with E-state index in [9.17, 15) is 13.2 Å². The third-order valence-corrected chi connectivity index (χ3v) is 1.72. The van der Waals surface area contributed by atoms with Gasteiger partial charge in [0.1, 0.15) is 5.76 Å². The van der Waals surface area contributed by atoms with Crippen molar-refractivity contribution < 1.29 is 22.3 Å². The predicted octanol–water partition coefficient (Wildman–Crippen LogP) is 2.03. The zero-order valence-electron chi connectivity index (χ0n) is 8.23. The topological polar surface area (TPSA) is 34.4 Å². The first-order valence-electron chi connectivity index (χ1n) is 4.39. The maximum Gasteiger partial charge on any atom is 0.449 e. The largest absolute Gasteiger partial charge is 0.455 e. The lowest BCUT2D eigenvalue weighted by Crippen LogP contribution is -2.18. The molecule has 6 heteroatoms. The van der Waals surface area contributed by atoms with Crippen molar-refractivity contribution >= 4 is 0 Å². The first-order chi connectivity index (χ1) is 7.04. The van der Waals surface area contributed by atoms with Gasteiger partial charge in [-0.25, -0.2) is 0 Å². The van der Waals surface area contributed by atoms with E-state index in [0.29, 0.717) is 13.2 Å². The van der Waals surface area contributed by atoms with Gasteiger partial charge in [0.05, 0.1) is 13.2 Å². The Morgan fingerprint density at radius 3 is 2.67 bits per heavy atom. The summed E-state index contributed by atoms with van der Waals surface area (Å²) in [5.74, 6) is -0.704. The van der Waals surface area contributed by atoms with Crippen molar-refractivity contribution in [2.75, 3.05) is 20.3 Å². The van der Waals surface area contributed by atoms with E-state index in [0.717, 1.165) is 6.07 Å². The number of rotatable bonds is 5. The number of methoxy groups -OCH3 is 1. The lowest BCUT2D eigenvalue weighted by Gasteiger charge is -2.02. The van der Waals surface area contributed by atoms with Crippen LogP contribution in [-0.2, 0) is 17.5 Å². The molecule has 1 N–H and O–H groups in total. The van der Waals surface area contributed by atoms with Crippen molar-refractivity contribution in [1.29, 1.82) is 0 Å². The Hall–Kier alpha value is -1.01. The van der Waals surface area contributed by atoms with Gasteiger partial charge in [-0.2, -0.15) is 13.2 Å². The van der Waals surface area contributed by atoms with Crippen LogP contribution in [0.1, 0.15) is 11.5 Å². The summed E-state index contributed by atoms with van der Waals surface area (Å²) in [7, 11) is 1.55. The summed E-state index contributed by atoms with van der Waals surface area (Å²) >= 11 is 0. The Labute approximate surface area is 85.2 Å². The van der Waals surface area contributed by atoms with E-state index in [2.05, 4.69) is 9.73 Å². The third kappa shape index (κ3) is 3.93. The Bertz CT molecular complexity index is 296. The summed E-state index contributed by atoms with van der Waals surface area (Å²) in [5.41, 5.74) is 0. The number of hydrogen-bond acceptors (Lipinski definition) is 3. The summed E-state index contributed by atoms with van der Waals surface area (Å²) in [6.07, 6.45) is -4.41. The second-order valence-corrected chi connectivity index (χ2v) is 2.93. The summed E-state index contributed by atoms with van der Waals surface area (Å²) in [6.45, 7) is 1.34. The number of halogens is 3. The smallest absolute Gasteiger partial charge is 0.449 e. The molecule has 3 nitrogen and oxygen atoms in total. The van der Waals surface area contributed by atoms with Crippen molar-refractivity contribution in [2.45, 2.75) is 12.7 Å². The lowest BCUT2D eigenvalue weighted by molar-refractivity contribution is -0.153. The van der Waals surface area contributed by atoms with Crippen molar-refractivity contribution in [1.82, 2.24) is 5.32 Å². The van der Waals surface area contributed by atoms with Gasteiger partial charge < -0.3 is 14.5 Å². The quantitative estimate of drug-likeness (QED) is 0.775. The highest BCUT2D eigenvalue weighted by Gasteiger charge is 2.34. The normalized spacial score (nSPS) is 12.0. The second kappa shape index (κ2) is 5.18. The zero-order chi connectivity index (χ0) is 11.3. The molecule has 1 heterocycles. The SMILES string of the molecule is COCCNCc1ccc(C(F)(F)F)o1. The first-order valence-corrected chi connectivity index (χ1v) is 4.39. The van der Waals surface area contributed by atoms with Crippen molar-refractivity contribution in [3.05, 3.63) is 23.7 Å². The van der Waals surface area contributed by atoms with Crippen LogP contribution in [0.25, 0.3) is 0 Å². The zero-order valence-corrected chi connectivity index (χ0v) is 8.23. The molecule has 0 saturated heterocycles. The van der Waals surface area contributed by atoms with Crippen LogP contribution < -0.4 is 5.32 Å². The van der Waals surface area contributed by atoms with Gasteiger partial charge in [0.15, 0.2) is 0 Å². The molecule has 0 unspecified atom stereocenters. The molecule has 0 atom stereocenters. The lowest BCUT2D eigenvalue weighted by atomic mass is 10.4. The molecule has 0 fully saturated rings. The van der Waals surface area contributed by atoms with Crippen molar-refractivity contribution in [3.8, 4) is 0 Å². The molecule has 1 aromatic rings. The molecule has 0 bridgehead atoms. The van der Waals surface area contributed by atoms with E-state index >= 15 is 0 Å². The summed E-state index contributed by atoms with van der Waals surface area (Å²) in [6, 6.07) is 2.23. The second-order valence-electron chi connectivity index (χ2n) is 2.93. The fourth-order valence-electron chi connectivity index (χ4n) is 1.01. The van der Waals surface area contributed by atoms with Crippen LogP contribution in [0.5, 0.6) is 0 Å². The van der Waals surface area contributed by atoms with Crippen LogP contribution in [0.15, 0.2) is 16.5 Å². The number of alkyl halides is 3. The number of nitrogens with one attached hydrogen (secondary N) is 1. The van der Waals surface area contributed by atoms with Gasteiger partial charge in [0.2, 0.25) is 5.76 Å². The maximum atomic E-state index is 12.1. The van der Waals surface area contributed by atoms with Gasteiger partial charge in [0, 0.05) is 13.7 Å². The fourth-order valence-corrected chi connectivity index (χ4v) is 1.01. The van der Waals surface area contributed by atoms with Gasteiger partial charge in [-0.1, -0.05) is 0 Å². The van der Waals surface area contributed by atoms with Crippen LogP contribution in [0, 0.1) is 0 Å². The number of ether oxygens (including phenoxy) is 1. The van der Waals surface area contributed by atoms with E-state index in [1.54, 1.807) is 7.11 Å². The number of hydrogen-bond donors (Lipinski definition) is 1. The highest BCUT2D eigenvalue weighted by atomic mass is 19.4. The first kappa shape index (κ1) is 12.1. The molecule has 1 rings (SSSR count). The summed E-state index contributed by atoms with van der Waals surface area (Å²) in [4.78, 5) is 0. The van der Waals surface area contributed by atoms with E-state index < -0.39 is 11.9 Å². The average Bonchev–Trinajstić information content (AvgIpc) is 2.60. The molecule has 0 radical (unpaired) electrons.